The lowest BCUT2D eigenvalue weighted by molar-refractivity contribution is 0.306. The van der Waals surface area contributed by atoms with Gasteiger partial charge in [0.15, 0.2) is 0 Å². The van der Waals surface area contributed by atoms with E-state index >= 15 is 0 Å². The quantitative estimate of drug-likeness (QED) is 0.101. The number of rotatable bonds is 15. The first-order valence-electron chi connectivity index (χ1n) is 17.5. The summed E-state index contributed by atoms with van der Waals surface area (Å²) in [6, 6.07) is 38.8. The highest BCUT2D eigenvalue weighted by Crippen LogP contribution is 2.70. The Hall–Kier alpha value is -6.01. The molecule has 0 aliphatic carbocycles. The van der Waals surface area contributed by atoms with Crippen LogP contribution in [0.25, 0.3) is 0 Å². The van der Waals surface area contributed by atoms with Crippen molar-refractivity contribution < 1.29 is 26.3 Å². The topological polar surface area (TPSA) is 110 Å². The van der Waals surface area contributed by atoms with Gasteiger partial charge in [0, 0.05) is 51.9 Å². The summed E-state index contributed by atoms with van der Waals surface area (Å²) in [5.74, 6) is 1.85. The Morgan fingerprint density at radius 1 is 0.455 bits per heavy atom. The largest absolute Gasteiger partial charge is 0.489 e. The number of hydrogen-bond donors (Lipinski definition) is 0. The molecule has 0 unspecified atom stereocenters. The van der Waals surface area contributed by atoms with Crippen molar-refractivity contribution in [1.29, 1.82) is 0 Å². The predicted octanol–water partition coefficient (Wildman–Crippen LogP) is 9.83. The molecule has 0 aliphatic rings. The Kier molecular flexibility index (Phi) is 11.5. The summed E-state index contributed by atoms with van der Waals surface area (Å²) in [6.45, 7) is 4.74. The van der Waals surface area contributed by atoms with Crippen LogP contribution in [0.15, 0.2) is 184 Å². The fourth-order valence-corrected chi connectivity index (χ4v) is 11.3. The van der Waals surface area contributed by atoms with Crippen molar-refractivity contribution in [3.8, 4) is 17.2 Å². The molecule has 7 rings (SSSR count). The van der Waals surface area contributed by atoms with Gasteiger partial charge in [-0.05, 0) is 162 Å². The van der Waals surface area contributed by atoms with Gasteiger partial charge in [-0.3, -0.25) is 15.0 Å². The molecule has 3 heterocycles. The number of ether oxygens (including phenoxy) is 3. The zero-order valence-electron chi connectivity index (χ0n) is 30.3. The molecule has 0 fully saturated rings. The lowest BCUT2D eigenvalue weighted by Gasteiger charge is -2.39. The molecule has 0 atom stereocenters. The van der Waals surface area contributed by atoms with E-state index in [0.29, 0.717) is 57.3 Å². The number of nitrogens with zero attached hydrogens (tertiary/aromatic N) is 3. The highest BCUT2D eigenvalue weighted by molar-refractivity contribution is 8.33. The van der Waals surface area contributed by atoms with E-state index in [-0.39, 0.29) is 4.90 Å². The second-order valence-electron chi connectivity index (χ2n) is 12.7. The molecule has 0 N–H and O–H groups in total. The monoisotopic (exact) mass is 769 g/mol. The zero-order valence-corrected chi connectivity index (χ0v) is 32.0. The van der Waals surface area contributed by atoms with Crippen LogP contribution in [-0.2, 0) is 33.6 Å². The third kappa shape index (κ3) is 9.04. The van der Waals surface area contributed by atoms with Crippen LogP contribution in [0.1, 0.15) is 27.8 Å². The van der Waals surface area contributed by atoms with Gasteiger partial charge in [-0.1, -0.05) is 17.7 Å². The fourth-order valence-electron chi connectivity index (χ4n) is 5.90. The lowest BCUT2D eigenvalue weighted by Crippen LogP contribution is -2.15. The summed E-state index contributed by atoms with van der Waals surface area (Å²) in [4.78, 5) is 14.3. The van der Waals surface area contributed by atoms with Gasteiger partial charge in [0.1, 0.15) is 37.1 Å². The summed E-state index contributed by atoms with van der Waals surface area (Å²) in [7, 11) is -7.35. The maximum Gasteiger partial charge on any atom is 0.307 e. The molecule has 11 heteroatoms. The Morgan fingerprint density at radius 3 is 1.13 bits per heavy atom. The van der Waals surface area contributed by atoms with Gasteiger partial charge in [-0.15, -0.1) is 0 Å². The Bertz CT molecular complexity index is 2210. The summed E-state index contributed by atoms with van der Waals surface area (Å²) >= 11 is 0. The van der Waals surface area contributed by atoms with Crippen molar-refractivity contribution in [1.82, 2.24) is 15.0 Å². The number of benzene rings is 4. The second kappa shape index (κ2) is 17.0. The van der Waals surface area contributed by atoms with E-state index in [4.69, 9.17) is 17.8 Å². The molecule has 0 saturated heterocycles. The Balaban J connectivity index is 1.31. The summed E-state index contributed by atoms with van der Waals surface area (Å²) in [5, 5.41) is 0. The number of hydrogen-bond acceptors (Lipinski definition) is 9. The van der Waals surface area contributed by atoms with Gasteiger partial charge in [0.25, 0.3) is 0 Å². The zero-order chi connectivity index (χ0) is 38.1. The molecule has 278 valence electrons. The minimum Gasteiger partial charge on any atom is -0.489 e. The molecule has 0 amide bonds. The van der Waals surface area contributed by atoms with E-state index in [2.05, 4.69) is 15.0 Å². The predicted molar refractivity (Wildman–Crippen MR) is 212 cm³/mol. The Labute approximate surface area is 323 Å². The lowest BCUT2D eigenvalue weighted by atomic mass is 10.2. The van der Waals surface area contributed by atoms with Crippen molar-refractivity contribution in [2.24, 2.45) is 0 Å². The fraction of sp³-hybridized carbons (Fsp3) is 0.114. The van der Waals surface area contributed by atoms with Gasteiger partial charge >= 0.3 is 10.1 Å². The molecular weight excluding hydrogens is 731 g/mol. The van der Waals surface area contributed by atoms with E-state index < -0.39 is 20.4 Å². The van der Waals surface area contributed by atoms with Crippen molar-refractivity contribution in [3.05, 3.63) is 192 Å². The first-order valence-corrected chi connectivity index (χ1v) is 20.5. The van der Waals surface area contributed by atoms with Gasteiger partial charge in [-0.25, -0.2) is 3.63 Å². The van der Waals surface area contributed by atoms with E-state index in [9.17, 15) is 8.42 Å². The van der Waals surface area contributed by atoms with Crippen molar-refractivity contribution in [3.63, 3.8) is 0 Å². The smallest absolute Gasteiger partial charge is 0.307 e. The first-order chi connectivity index (χ1) is 26.8. The van der Waals surface area contributed by atoms with Crippen molar-refractivity contribution >= 4 is 20.4 Å². The number of aryl methyl sites for hydroxylation is 2. The number of aromatic nitrogens is 3. The summed E-state index contributed by atoms with van der Waals surface area (Å²) < 4.78 is 54.2. The van der Waals surface area contributed by atoms with Crippen LogP contribution in [0.3, 0.4) is 0 Å². The molecule has 0 bridgehead atoms. The van der Waals surface area contributed by atoms with Crippen molar-refractivity contribution in [2.45, 2.75) is 53.3 Å². The average Bonchev–Trinajstić information content (AvgIpc) is 3.22. The summed E-state index contributed by atoms with van der Waals surface area (Å²) in [6.07, 6.45) is 10.3. The molecule has 0 radical (unpaired) electrons. The van der Waals surface area contributed by atoms with E-state index in [0.717, 1.165) is 22.3 Å². The molecule has 9 nitrogen and oxygen atoms in total. The van der Waals surface area contributed by atoms with Crippen LogP contribution in [0.2, 0.25) is 0 Å². The van der Waals surface area contributed by atoms with E-state index in [1.165, 1.54) is 0 Å². The molecule has 55 heavy (non-hydrogen) atoms. The normalized spacial score (nSPS) is 11.8. The molecule has 7 aromatic rings. The van der Waals surface area contributed by atoms with E-state index in [1.54, 1.807) is 56.2 Å². The summed E-state index contributed by atoms with van der Waals surface area (Å²) in [5.41, 5.74) is 4.45. The molecule has 0 saturated carbocycles. The van der Waals surface area contributed by atoms with Gasteiger partial charge in [0.05, 0.1) is 4.90 Å². The van der Waals surface area contributed by atoms with Crippen LogP contribution in [0, 0.1) is 13.8 Å². The molecule has 3 aromatic heterocycles. The average molecular weight is 770 g/mol. The van der Waals surface area contributed by atoms with Gasteiger partial charge in [-0.2, -0.15) is 8.42 Å². The third-order valence-electron chi connectivity index (χ3n) is 8.72. The molecular formula is C44H39N3O6S2. The highest BCUT2D eigenvalue weighted by atomic mass is 32.3. The highest BCUT2D eigenvalue weighted by Gasteiger charge is 2.39. The standard InChI is InChI=1S/C44H39N3O6S2/c1-33-3-16-44(34(2)29-33)55(48,49)53-54(41-10-4-38(5-11-41)50-30-35-17-23-45-24-18-35,42-12-6-39(7-13-42)51-31-36-19-25-46-26-20-36)43-14-8-40(9-15-43)52-32-37-21-27-47-28-22-37/h3-29H,30-32H2,1-2H3. The van der Waals surface area contributed by atoms with Crippen LogP contribution >= 0.6 is 10.3 Å². The molecule has 0 aliphatic heterocycles. The molecule has 0 spiro atoms. The minimum atomic E-state index is -4.35. The van der Waals surface area contributed by atoms with Crippen LogP contribution in [0.4, 0.5) is 0 Å². The third-order valence-corrected chi connectivity index (χ3v) is 14.1. The second-order valence-corrected chi connectivity index (χ2v) is 17.1. The number of pyridine rings is 3. The SMILES string of the molecule is Cc1ccc(S(=O)(=O)OS(c2ccc(OCc3ccncc3)cc2)(c2ccc(OCc3ccncc3)cc2)c2ccc(OCc3ccncc3)cc2)c(C)c1. The van der Waals surface area contributed by atoms with E-state index in [1.807, 2.05) is 122 Å². The van der Waals surface area contributed by atoms with Gasteiger partial charge < -0.3 is 14.2 Å². The van der Waals surface area contributed by atoms with Crippen LogP contribution in [-0.4, -0.2) is 23.4 Å². The van der Waals surface area contributed by atoms with Crippen molar-refractivity contribution in [2.75, 3.05) is 0 Å². The van der Waals surface area contributed by atoms with Crippen LogP contribution < -0.4 is 14.2 Å². The Morgan fingerprint density at radius 2 is 0.800 bits per heavy atom. The maximum absolute atomic E-state index is 14.6. The maximum atomic E-state index is 14.6. The first kappa shape index (κ1) is 37.3. The minimum absolute atomic E-state index is 0.0990. The molecule has 4 aromatic carbocycles. The van der Waals surface area contributed by atoms with Crippen LogP contribution in [0.5, 0.6) is 17.2 Å². The van der Waals surface area contributed by atoms with Gasteiger partial charge in [0.2, 0.25) is 0 Å².